The van der Waals surface area contributed by atoms with E-state index in [1.807, 2.05) is 36.9 Å². The third-order valence-electron chi connectivity index (χ3n) is 3.50. The Labute approximate surface area is 118 Å². The number of benzene rings is 1. The summed E-state index contributed by atoms with van der Waals surface area (Å²) in [5.41, 5.74) is 10.3. The van der Waals surface area contributed by atoms with Gasteiger partial charge in [-0.2, -0.15) is 5.10 Å². The van der Waals surface area contributed by atoms with Gasteiger partial charge in [-0.1, -0.05) is 12.1 Å². The quantitative estimate of drug-likeness (QED) is 0.864. The zero-order valence-electron chi connectivity index (χ0n) is 12.1. The maximum atomic E-state index is 11.1. The van der Waals surface area contributed by atoms with Crippen molar-refractivity contribution in [3.05, 3.63) is 52.3 Å². The third kappa shape index (κ3) is 3.05. The van der Waals surface area contributed by atoms with E-state index in [1.165, 1.54) is 11.3 Å². The predicted molar refractivity (Wildman–Crippen MR) is 78.2 cm³/mol. The number of nitrogens with two attached hydrogens (primary N) is 1. The van der Waals surface area contributed by atoms with Crippen molar-refractivity contribution >= 4 is 5.91 Å². The van der Waals surface area contributed by atoms with Crippen molar-refractivity contribution in [3.8, 4) is 0 Å². The molecule has 1 aromatic carbocycles. The maximum Gasteiger partial charge on any atom is 0.248 e. The van der Waals surface area contributed by atoms with Crippen molar-refractivity contribution in [2.24, 2.45) is 12.8 Å². The highest BCUT2D eigenvalue weighted by molar-refractivity contribution is 5.92. The Morgan fingerprint density at radius 3 is 2.70 bits per heavy atom. The van der Waals surface area contributed by atoms with Gasteiger partial charge in [0.1, 0.15) is 0 Å². The molecule has 5 nitrogen and oxygen atoms in total. The lowest BCUT2D eigenvalue weighted by Crippen LogP contribution is -2.15. The van der Waals surface area contributed by atoms with Gasteiger partial charge in [0.05, 0.1) is 5.69 Å². The standard InChI is InChI=1S/C15H20N4O/c1-10-14(11(2)19(3)18-10)9-17-8-12-5-4-6-13(7-12)15(16)20/h4-7,17H,8-9H2,1-3H3,(H2,16,20). The Balaban J connectivity index is 1.99. The zero-order valence-corrected chi connectivity index (χ0v) is 12.1. The van der Waals surface area contributed by atoms with E-state index >= 15 is 0 Å². The van der Waals surface area contributed by atoms with Gasteiger partial charge in [-0.05, 0) is 31.5 Å². The van der Waals surface area contributed by atoms with Gasteiger partial charge in [-0.15, -0.1) is 0 Å². The number of hydrogen-bond acceptors (Lipinski definition) is 3. The van der Waals surface area contributed by atoms with Gasteiger partial charge < -0.3 is 11.1 Å². The van der Waals surface area contributed by atoms with Crippen molar-refractivity contribution in [2.75, 3.05) is 0 Å². The number of rotatable bonds is 5. The molecule has 0 fully saturated rings. The Morgan fingerprint density at radius 1 is 1.35 bits per heavy atom. The van der Waals surface area contributed by atoms with Gasteiger partial charge in [-0.3, -0.25) is 9.48 Å². The molecule has 0 spiro atoms. The lowest BCUT2D eigenvalue weighted by molar-refractivity contribution is 0.1000. The van der Waals surface area contributed by atoms with Gasteiger partial charge in [0, 0.05) is 37.0 Å². The fraction of sp³-hybridized carbons (Fsp3) is 0.333. The van der Waals surface area contributed by atoms with E-state index in [-0.39, 0.29) is 0 Å². The largest absolute Gasteiger partial charge is 0.366 e. The lowest BCUT2D eigenvalue weighted by Gasteiger charge is -2.06. The molecule has 1 aromatic heterocycles. The second-order valence-corrected chi connectivity index (χ2v) is 4.94. The van der Waals surface area contributed by atoms with Gasteiger partial charge in [0.15, 0.2) is 0 Å². The normalized spacial score (nSPS) is 10.8. The minimum Gasteiger partial charge on any atom is -0.366 e. The molecule has 0 aliphatic carbocycles. The van der Waals surface area contributed by atoms with Crippen molar-refractivity contribution in [2.45, 2.75) is 26.9 Å². The van der Waals surface area contributed by atoms with E-state index in [0.29, 0.717) is 12.1 Å². The van der Waals surface area contributed by atoms with Crippen molar-refractivity contribution in [3.63, 3.8) is 0 Å². The number of nitrogens with zero attached hydrogens (tertiary/aromatic N) is 2. The summed E-state index contributed by atoms with van der Waals surface area (Å²) < 4.78 is 1.89. The number of aryl methyl sites for hydroxylation is 2. The van der Waals surface area contributed by atoms with Crippen LogP contribution >= 0.6 is 0 Å². The first kappa shape index (κ1) is 14.3. The van der Waals surface area contributed by atoms with Gasteiger partial charge in [0.2, 0.25) is 5.91 Å². The van der Waals surface area contributed by atoms with E-state index in [1.54, 1.807) is 6.07 Å². The summed E-state index contributed by atoms with van der Waals surface area (Å²) in [6.45, 7) is 5.52. The first-order valence-corrected chi connectivity index (χ1v) is 6.57. The number of aromatic nitrogens is 2. The number of carbonyl (C=O) groups excluding carboxylic acids is 1. The number of primary amides is 1. The molecule has 2 aromatic rings. The predicted octanol–water partition coefficient (Wildman–Crippen LogP) is 1.43. The average Bonchev–Trinajstić information content (AvgIpc) is 2.65. The average molecular weight is 272 g/mol. The Bertz CT molecular complexity index is 631. The van der Waals surface area contributed by atoms with Crippen LogP contribution in [-0.4, -0.2) is 15.7 Å². The molecule has 1 heterocycles. The first-order chi connectivity index (χ1) is 9.49. The maximum absolute atomic E-state index is 11.1. The monoisotopic (exact) mass is 272 g/mol. The van der Waals surface area contributed by atoms with Crippen molar-refractivity contribution in [1.82, 2.24) is 15.1 Å². The van der Waals surface area contributed by atoms with E-state index in [9.17, 15) is 4.79 Å². The Morgan fingerprint density at radius 2 is 2.10 bits per heavy atom. The summed E-state index contributed by atoms with van der Waals surface area (Å²) in [7, 11) is 1.95. The van der Waals surface area contributed by atoms with Crippen LogP contribution in [0, 0.1) is 13.8 Å². The highest BCUT2D eigenvalue weighted by Crippen LogP contribution is 2.12. The molecular formula is C15H20N4O. The van der Waals surface area contributed by atoms with Crippen LogP contribution in [0.3, 0.4) is 0 Å². The molecular weight excluding hydrogens is 252 g/mol. The highest BCUT2D eigenvalue weighted by Gasteiger charge is 2.08. The summed E-state index contributed by atoms with van der Waals surface area (Å²) in [6.07, 6.45) is 0. The SMILES string of the molecule is Cc1nn(C)c(C)c1CNCc1cccc(C(N)=O)c1. The molecule has 5 heteroatoms. The number of carbonyl (C=O) groups is 1. The Kier molecular flexibility index (Phi) is 4.20. The molecule has 1 amide bonds. The topological polar surface area (TPSA) is 72.9 Å². The fourth-order valence-electron chi connectivity index (χ4n) is 2.24. The van der Waals surface area contributed by atoms with E-state index in [2.05, 4.69) is 17.3 Å². The number of hydrogen-bond donors (Lipinski definition) is 2. The molecule has 0 aliphatic rings. The third-order valence-corrected chi connectivity index (χ3v) is 3.50. The molecule has 0 saturated carbocycles. The highest BCUT2D eigenvalue weighted by atomic mass is 16.1. The van der Waals surface area contributed by atoms with E-state index in [0.717, 1.165) is 17.8 Å². The second kappa shape index (κ2) is 5.88. The fourth-order valence-corrected chi connectivity index (χ4v) is 2.24. The van der Waals surface area contributed by atoms with Crippen LogP contribution in [0.1, 0.15) is 32.9 Å². The molecule has 106 valence electrons. The van der Waals surface area contributed by atoms with Crippen molar-refractivity contribution in [1.29, 1.82) is 0 Å². The minimum absolute atomic E-state index is 0.397. The smallest absolute Gasteiger partial charge is 0.248 e. The van der Waals surface area contributed by atoms with Crippen LogP contribution in [0.15, 0.2) is 24.3 Å². The van der Waals surface area contributed by atoms with Crippen LogP contribution in [0.25, 0.3) is 0 Å². The molecule has 3 N–H and O–H groups in total. The summed E-state index contributed by atoms with van der Waals surface area (Å²) in [4.78, 5) is 11.1. The second-order valence-electron chi connectivity index (χ2n) is 4.94. The summed E-state index contributed by atoms with van der Waals surface area (Å²) >= 11 is 0. The molecule has 0 radical (unpaired) electrons. The van der Waals surface area contributed by atoms with E-state index in [4.69, 9.17) is 5.73 Å². The Hall–Kier alpha value is -2.14. The molecule has 2 rings (SSSR count). The molecule has 0 atom stereocenters. The molecule has 0 unspecified atom stereocenters. The van der Waals surface area contributed by atoms with Crippen LogP contribution in [0.4, 0.5) is 0 Å². The van der Waals surface area contributed by atoms with Crippen LogP contribution in [0.5, 0.6) is 0 Å². The number of nitrogens with one attached hydrogen (secondary N) is 1. The molecule has 0 aliphatic heterocycles. The van der Waals surface area contributed by atoms with Crippen LogP contribution in [0.2, 0.25) is 0 Å². The van der Waals surface area contributed by atoms with Crippen LogP contribution in [-0.2, 0) is 20.1 Å². The van der Waals surface area contributed by atoms with Crippen molar-refractivity contribution < 1.29 is 4.79 Å². The lowest BCUT2D eigenvalue weighted by atomic mass is 10.1. The van der Waals surface area contributed by atoms with E-state index < -0.39 is 5.91 Å². The van der Waals surface area contributed by atoms with Gasteiger partial charge >= 0.3 is 0 Å². The zero-order chi connectivity index (χ0) is 14.7. The molecule has 0 saturated heterocycles. The summed E-state index contributed by atoms with van der Waals surface area (Å²) in [5, 5.41) is 7.76. The summed E-state index contributed by atoms with van der Waals surface area (Å²) in [5.74, 6) is -0.397. The van der Waals surface area contributed by atoms with Gasteiger partial charge in [-0.25, -0.2) is 0 Å². The summed E-state index contributed by atoms with van der Waals surface area (Å²) in [6, 6.07) is 7.36. The minimum atomic E-state index is -0.397. The number of amides is 1. The molecule has 0 bridgehead atoms. The van der Waals surface area contributed by atoms with Crippen LogP contribution < -0.4 is 11.1 Å². The first-order valence-electron chi connectivity index (χ1n) is 6.57. The van der Waals surface area contributed by atoms with Gasteiger partial charge in [0.25, 0.3) is 0 Å². The molecule has 20 heavy (non-hydrogen) atoms.